The van der Waals surface area contributed by atoms with Gasteiger partial charge >= 0.3 is 0 Å². The first kappa shape index (κ1) is 15.7. The molecule has 2 aliphatic rings. The molecule has 2 aliphatic carbocycles. The zero-order valence-corrected chi connectivity index (χ0v) is 14.2. The van der Waals surface area contributed by atoms with Crippen molar-refractivity contribution >= 4 is 28.9 Å². The molecule has 3 N–H and O–H groups in total. The van der Waals surface area contributed by atoms with Gasteiger partial charge in [0, 0.05) is 17.8 Å². The van der Waals surface area contributed by atoms with Crippen molar-refractivity contribution < 1.29 is 5.11 Å². The van der Waals surface area contributed by atoms with E-state index in [0.29, 0.717) is 5.25 Å². The summed E-state index contributed by atoms with van der Waals surface area (Å²) in [7, 11) is 0. The molecule has 6 nitrogen and oxygen atoms in total. The molecule has 0 aromatic carbocycles. The summed E-state index contributed by atoms with van der Waals surface area (Å²) >= 11 is 1.72. The van der Waals surface area contributed by atoms with Crippen LogP contribution in [0.4, 0.5) is 5.95 Å². The number of aliphatic hydroxyl groups excluding tert-OH is 1. The number of aliphatic hydroxyl groups is 1. The fraction of sp³-hybridized carbons (Fsp3) is 0.471. The third-order valence-corrected chi connectivity index (χ3v) is 5.82. The number of aromatic nitrogens is 4. The minimum Gasteiger partial charge on any atom is -0.396 e. The van der Waals surface area contributed by atoms with Crippen molar-refractivity contribution in [2.75, 3.05) is 12.3 Å². The van der Waals surface area contributed by atoms with Crippen LogP contribution >= 0.6 is 11.8 Å². The van der Waals surface area contributed by atoms with Gasteiger partial charge in [-0.15, -0.1) is 0 Å². The Morgan fingerprint density at radius 2 is 2.21 bits per heavy atom. The molecule has 1 unspecified atom stereocenters. The molecule has 0 saturated heterocycles. The Hall–Kier alpha value is -1.86. The average molecular weight is 343 g/mol. The molecule has 2 aromatic rings. The van der Waals surface area contributed by atoms with Crippen LogP contribution in [0.2, 0.25) is 0 Å². The molecule has 0 radical (unpaired) electrons. The van der Waals surface area contributed by atoms with Crippen LogP contribution in [0.15, 0.2) is 35.7 Å². The van der Waals surface area contributed by atoms with Crippen LogP contribution < -0.4 is 5.73 Å². The Balaban J connectivity index is 1.68. The highest BCUT2D eigenvalue weighted by Gasteiger charge is 2.24. The van der Waals surface area contributed by atoms with Crippen LogP contribution in [0.5, 0.6) is 0 Å². The molecule has 0 spiro atoms. The SMILES string of the molecule is Nc1nc(SC2C=CCCC2)c2ncn([C@@H]3C=C[C@H](CO)C3)c2n1. The zero-order chi connectivity index (χ0) is 16.5. The first-order valence-electron chi connectivity index (χ1n) is 8.37. The van der Waals surface area contributed by atoms with Crippen LogP contribution in [0.1, 0.15) is 31.7 Å². The third kappa shape index (κ3) is 2.93. The number of imidazole rings is 1. The highest BCUT2D eigenvalue weighted by atomic mass is 32.2. The van der Waals surface area contributed by atoms with E-state index in [4.69, 9.17) is 5.73 Å². The summed E-state index contributed by atoms with van der Waals surface area (Å²) in [4.78, 5) is 13.4. The third-order valence-electron chi connectivity index (χ3n) is 4.62. The van der Waals surface area contributed by atoms with Gasteiger partial charge in [-0.1, -0.05) is 36.1 Å². The molecule has 7 heteroatoms. The van der Waals surface area contributed by atoms with Crippen LogP contribution in [0.3, 0.4) is 0 Å². The van der Waals surface area contributed by atoms with Gasteiger partial charge in [-0.3, -0.25) is 0 Å². The number of hydrogen-bond acceptors (Lipinski definition) is 6. The van der Waals surface area contributed by atoms with E-state index >= 15 is 0 Å². The topological polar surface area (TPSA) is 89.8 Å². The Morgan fingerprint density at radius 3 is 2.96 bits per heavy atom. The van der Waals surface area contributed by atoms with Crippen LogP contribution in [-0.2, 0) is 0 Å². The van der Waals surface area contributed by atoms with Gasteiger partial charge in [0.1, 0.15) is 10.5 Å². The molecular formula is C17H21N5OS. The number of thioether (sulfide) groups is 1. The monoisotopic (exact) mass is 343 g/mol. The molecule has 4 rings (SSSR count). The van der Waals surface area contributed by atoms with Crippen molar-refractivity contribution in [3.8, 4) is 0 Å². The highest BCUT2D eigenvalue weighted by Crippen LogP contribution is 2.35. The summed E-state index contributed by atoms with van der Waals surface area (Å²) < 4.78 is 2.04. The maximum Gasteiger partial charge on any atom is 0.223 e. The number of rotatable bonds is 4. The van der Waals surface area contributed by atoms with Crippen molar-refractivity contribution in [1.82, 2.24) is 19.5 Å². The minimum atomic E-state index is 0.161. The van der Waals surface area contributed by atoms with Crippen LogP contribution in [-0.4, -0.2) is 36.5 Å². The quantitative estimate of drug-likeness (QED) is 0.655. The summed E-state index contributed by atoms with van der Waals surface area (Å²) in [6, 6.07) is 0.161. The second kappa shape index (κ2) is 6.57. The minimum absolute atomic E-state index is 0.161. The summed E-state index contributed by atoms with van der Waals surface area (Å²) in [6.45, 7) is 0.172. The molecule has 0 saturated carbocycles. The Morgan fingerprint density at radius 1 is 1.29 bits per heavy atom. The fourth-order valence-electron chi connectivity index (χ4n) is 3.35. The van der Waals surface area contributed by atoms with Crippen molar-refractivity contribution in [3.63, 3.8) is 0 Å². The second-order valence-corrected chi connectivity index (χ2v) is 7.58. The first-order chi connectivity index (χ1) is 11.7. The lowest BCUT2D eigenvalue weighted by atomic mass is 10.1. The normalized spacial score (nSPS) is 26.5. The van der Waals surface area contributed by atoms with E-state index in [1.165, 1.54) is 6.42 Å². The molecule has 126 valence electrons. The number of nitrogen functional groups attached to an aromatic ring is 1. The van der Waals surface area contributed by atoms with E-state index in [1.54, 1.807) is 11.8 Å². The van der Waals surface area contributed by atoms with Crippen molar-refractivity contribution in [2.24, 2.45) is 5.92 Å². The molecular weight excluding hydrogens is 322 g/mol. The molecule has 3 atom stereocenters. The largest absolute Gasteiger partial charge is 0.396 e. The smallest absolute Gasteiger partial charge is 0.223 e. The number of allylic oxidation sites excluding steroid dienone is 2. The lowest BCUT2D eigenvalue weighted by Crippen LogP contribution is -2.09. The number of hydrogen-bond donors (Lipinski definition) is 2. The summed E-state index contributed by atoms with van der Waals surface area (Å²) in [5, 5.41) is 10.6. The van der Waals surface area contributed by atoms with E-state index in [-0.39, 0.29) is 24.5 Å². The highest BCUT2D eigenvalue weighted by molar-refractivity contribution is 8.00. The number of fused-ring (bicyclic) bond motifs is 1. The maximum absolute atomic E-state index is 9.33. The first-order valence-corrected chi connectivity index (χ1v) is 9.25. The molecule has 2 heterocycles. The fourth-order valence-corrected chi connectivity index (χ4v) is 4.51. The Labute approximate surface area is 144 Å². The maximum atomic E-state index is 9.33. The molecule has 0 aliphatic heterocycles. The van der Waals surface area contributed by atoms with Gasteiger partial charge < -0.3 is 15.4 Å². The van der Waals surface area contributed by atoms with Gasteiger partial charge in [-0.2, -0.15) is 4.98 Å². The average Bonchev–Trinajstić information content (AvgIpc) is 3.22. The standard InChI is InChI=1S/C17H21N5OS/c18-17-20-15-14(16(21-17)24-13-4-2-1-3-5-13)19-10-22(15)12-7-6-11(8-12)9-23/h2,4,6-7,10-13,23H,1,3,5,8-9H2,(H2,18,20,21)/t11-,12+,13?/m0/s1. The van der Waals surface area contributed by atoms with Crippen LogP contribution in [0.25, 0.3) is 11.2 Å². The number of anilines is 1. The molecule has 0 bridgehead atoms. The summed E-state index contributed by atoms with van der Waals surface area (Å²) in [6.07, 6.45) is 14.8. The molecule has 2 aromatic heterocycles. The zero-order valence-electron chi connectivity index (χ0n) is 13.4. The Bertz CT molecular complexity index is 800. The van der Waals surface area contributed by atoms with Gasteiger partial charge in [0.2, 0.25) is 5.95 Å². The van der Waals surface area contributed by atoms with E-state index in [2.05, 4.69) is 39.3 Å². The van der Waals surface area contributed by atoms with Gasteiger partial charge in [-0.05, 0) is 25.7 Å². The van der Waals surface area contributed by atoms with E-state index in [1.807, 2.05) is 10.9 Å². The molecule has 24 heavy (non-hydrogen) atoms. The van der Waals surface area contributed by atoms with Gasteiger partial charge in [0.15, 0.2) is 5.65 Å². The lowest BCUT2D eigenvalue weighted by Gasteiger charge is -2.16. The van der Waals surface area contributed by atoms with E-state index in [0.717, 1.165) is 35.5 Å². The van der Waals surface area contributed by atoms with Crippen LogP contribution in [0, 0.1) is 5.92 Å². The van der Waals surface area contributed by atoms with E-state index in [9.17, 15) is 5.11 Å². The number of nitrogens with two attached hydrogens (primary N) is 1. The summed E-state index contributed by atoms with van der Waals surface area (Å²) in [5.41, 5.74) is 7.55. The Kier molecular flexibility index (Phi) is 4.28. The molecule has 0 amide bonds. The second-order valence-electron chi connectivity index (χ2n) is 6.36. The van der Waals surface area contributed by atoms with Crippen molar-refractivity contribution in [3.05, 3.63) is 30.6 Å². The van der Waals surface area contributed by atoms with Crippen molar-refractivity contribution in [1.29, 1.82) is 0 Å². The van der Waals surface area contributed by atoms with E-state index < -0.39 is 0 Å². The molecule has 0 fully saturated rings. The summed E-state index contributed by atoms with van der Waals surface area (Å²) in [5.74, 6) is 0.486. The van der Waals surface area contributed by atoms with Gasteiger partial charge in [-0.25, -0.2) is 9.97 Å². The predicted molar refractivity (Wildman–Crippen MR) is 95.7 cm³/mol. The van der Waals surface area contributed by atoms with Crippen molar-refractivity contribution in [2.45, 2.75) is 42.0 Å². The number of nitrogens with zero attached hydrogens (tertiary/aromatic N) is 4. The van der Waals surface area contributed by atoms with Gasteiger partial charge in [0.25, 0.3) is 0 Å². The lowest BCUT2D eigenvalue weighted by molar-refractivity contribution is 0.244. The van der Waals surface area contributed by atoms with Gasteiger partial charge in [0.05, 0.1) is 12.4 Å². The predicted octanol–water partition coefficient (Wildman–Crippen LogP) is 2.72.